The molecule has 3 aromatic carbocycles. The van der Waals surface area contributed by atoms with Crippen LogP contribution in [0.25, 0.3) is 10.9 Å². The lowest BCUT2D eigenvalue weighted by Gasteiger charge is -2.05. The molecular weight excluding hydrogens is 450 g/mol. The van der Waals surface area contributed by atoms with E-state index in [-0.39, 0.29) is 16.1 Å². The fraction of sp³-hybridized carbons (Fsp3) is 0.0435. The Morgan fingerprint density at radius 2 is 1.59 bits per heavy atom. The molecule has 32 heavy (non-hydrogen) atoms. The minimum absolute atomic E-state index is 0.0907. The number of Topliss-reactive ketones (excluding diaryl/α,β-unsaturated/α-hetero) is 1. The average molecular weight is 468 g/mol. The Hall–Kier alpha value is -3.46. The zero-order valence-electron chi connectivity index (χ0n) is 16.7. The number of aromatic nitrogens is 1. The average Bonchev–Trinajstić information content (AvgIpc) is 3.13. The number of para-hydroxylation sites is 1. The SMILES string of the molecule is NS(=O)(=O)c1ccc(NC(=O)C(=O)c2cn(Cc3ccc(Cl)cc3)c3ccccc23)cc1. The maximum Gasteiger partial charge on any atom is 0.296 e. The molecule has 0 atom stereocenters. The molecule has 0 aliphatic rings. The molecule has 4 rings (SSSR count). The minimum Gasteiger partial charge on any atom is -0.342 e. The Bertz CT molecular complexity index is 1430. The van der Waals surface area contributed by atoms with Crippen molar-refractivity contribution < 1.29 is 18.0 Å². The molecular formula is C23H18ClN3O4S. The number of hydrogen-bond acceptors (Lipinski definition) is 4. The summed E-state index contributed by atoms with van der Waals surface area (Å²) in [6.07, 6.45) is 1.66. The van der Waals surface area contributed by atoms with Crippen LogP contribution in [0, 0.1) is 0 Å². The predicted molar refractivity (Wildman–Crippen MR) is 123 cm³/mol. The summed E-state index contributed by atoms with van der Waals surface area (Å²) in [5.74, 6) is -1.53. The molecule has 0 radical (unpaired) electrons. The lowest BCUT2D eigenvalue weighted by atomic mass is 10.1. The summed E-state index contributed by atoms with van der Waals surface area (Å²) in [6, 6.07) is 20.0. The third-order valence-electron chi connectivity index (χ3n) is 4.95. The maximum absolute atomic E-state index is 12.9. The lowest BCUT2D eigenvalue weighted by Crippen LogP contribution is -2.22. The van der Waals surface area contributed by atoms with Gasteiger partial charge in [-0.05, 0) is 48.0 Å². The molecule has 162 valence electrons. The number of halogens is 1. The van der Waals surface area contributed by atoms with Crippen molar-refractivity contribution in [2.24, 2.45) is 5.14 Å². The number of nitrogens with one attached hydrogen (secondary N) is 1. The number of hydrogen-bond donors (Lipinski definition) is 2. The number of sulfonamides is 1. The van der Waals surface area contributed by atoms with Crippen LogP contribution in [0.4, 0.5) is 5.69 Å². The van der Waals surface area contributed by atoms with Gasteiger partial charge in [0, 0.05) is 34.4 Å². The first kappa shape index (κ1) is 21.8. The van der Waals surface area contributed by atoms with Gasteiger partial charge in [0.2, 0.25) is 10.0 Å². The number of carbonyl (C=O) groups excluding carboxylic acids is 2. The molecule has 1 heterocycles. The number of nitrogens with two attached hydrogens (primary N) is 1. The highest BCUT2D eigenvalue weighted by Crippen LogP contribution is 2.24. The van der Waals surface area contributed by atoms with E-state index < -0.39 is 21.7 Å². The van der Waals surface area contributed by atoms with Crippen molar-refractivity contribution in [2.45, 2.75) is 11.4 Å². The number of rotatable bonds is 6. The molecule has 0 aliphatic carbocycles. The topological polar surface area (TPSA) is 111 Å². The summed E-state index contributed by atoms with van der Waals surface area (Å²) in [6.45, 7) is 0.502. The van der Waals surface area contributed by atoms with Gasteiger partial charge in [0.15, 0.2) is 0 Å². The second kappa shape index (κ2) is 8.58. The minimum atomic E-state index is -3.85. The van der Waals surface area contributed by atoms with Gasteiger partial charge in [-0.2, -0.15) is 0 Å². The van der Waals surface area contributed by atoms with Crippen LogP contribution in [0.5, 0.6) is 0 Å². The second-order valence-electron chi connectivity index (χ2n) is 7.17. The first-order valence-corrected chi connectivity index (χ1v) is 11.5. The van der Waals surface area contributed by atoms with Crippen LogP contribution in [0.15, 0.2) is 83.9 Å². The quantitative estimate of drug-likeness (QED) is 0.331. The Morgan fingerprint density at radius 1 is 0.938 bits per heavy atom. The lowest BCUT2D eigenvalue weighted by molar-refractivity contribution is -0.112. The first-order chi connectivity index (χ1) is 15.2. The molecule has 7 nitrogen and oxygen atoms in total. The number of nitrogens with zero attached hydrogens (tertiary/aromatic N) is 1. The Kier molecular flexibility index (Phi) is 5.84. The van der Waals surface area contributed by atoms with Gasteiger partial charge in [-0.15, -0.1) is 0 Å². The molecule has 9 heteroatoms. The van der Waals surface area contributed by atoms with Crippen LogP contribution < -0.4 is 10.5 Å². The molecule has 0 unspecified atom stereocenters. The van der Waals surface area contributed by atoms with Gasteiger partial charge in [0.1, 0.15) is 0 Å². The predicted octanol–water partition coefficient (Wildman–Crippen LogP) is 3.81. The van der Waals surface area contributed by atoms with Gasteiger partial charge in [-0.25, -0.2) is 13.6 Å². The molecule has 4 aromatic rings. The van der Waals surface area contributed by atoms with Crippen LogP contribution in [0.2, 0.25) is 5.02 Å². The fourth-order valence-corrected chi connectivity index (χ4v) is 4.02. The van der Waals surface area contributed by atoms with E-state index in [0.717, 1.165) is 11.1 Å². The molecule has 0 bridgehead atoms. The van der Waals surface area contributed by atoms with Crippen molar-refractivity contribution in [3.8, 4) is 0 Å². The molecule has 3 N–H and O–H groups in total. The van der Waals surface area contributed by atoms with E-state index in [1.807, 2.05) is 28.8 Å². The third-order valence-corrected chi connectivity index (χ3v) is 6.13. The summed E-state index contributed by atoms with van der Waals surface area (Å²) in [5.41, 5.74) is 2.36. The van der Waals surface area contributed by atoms with Gasteiger partial charge in [-0.1, -0.05) is 41.9 Å². The second-order valence-corrected chi connectivity index (χ2v) is 9.16. The van der Waals surface area contributed by atoms with E-state index in [1.165, 1.54) is 24.3 Å². The van der Waals surface area contributed by atoms with Crippen LogP contribution >= 0.6 is 11.6 Å². The number of fused-ring (bicyclic) bond motifs is 1. The highest BCUT2D eigenvalue weighted by molar-refractivity contribution is 7.89. The first-order valence-electron chi connectivity index (χ1n) is 9.53. The van der Waals surface area contributed by atoms with E-state index in [1.54, 1.807) is 30.5 Å². The smallest absolute Gasteiger partial charge is 0.296 e. The van der Waals surface area contributed by atoms with E-state index in [4.69, 9.17) is 16.7 Å². The summed E-state index contributed by atoms with van der Waals surface area (Å²) < 4.78 is 24.6. The highest BCUT2D eigenvalue weighted by Gasteiger charge is 2.22. The van der Waals surface area contributed by atoms with Crippen LogP contribution in [-0.4, -0.2) is 24.7 Å². The van der Waals surface area contributed by atoms with Gasteiger partial charge < -0.3 is 9.88 Å². The van der Waals surface area contributed by atoms with Crippen molar-refractivity contribution in [2.75, 3.05) is 5.32 Å². The van der Waals surface area contributed by atoms with Crippen molar-refractivity contribution in [3.63, 3.8) is 0 Å². The number of primary sulfonamides is 1. The van der Waals surface area contributed by atoms with Gasteiger partial charge in [-0.3, -0.25) is 9.59 Å². The van der Waals surface area contributed by atoms with Gasteiger partial charge in [0.25, 0.3) is 11.7 Å². The molecule has 0 saturated carbocycles. The third kappa shape index (κ3) is 4.57. The Labute approximate surface area is 189 Å². The number of anilines is 1. The standard InChI is InChI=1S/C23H18ClN3O4S/c24-16-7-5-15(6-8-16)13-27-14-20(19-3-1-2-4-21(19)27)22(28)23(29)26-17-9-11-18(12-10-17)32(25,30)31/h1-12,14H,13H2,(H,26,29)(H2,25,30,31). The summed E-state index contributed by atoms with van der Waals surface area (Å²) >= 11 is 5.96. The van der Waals surface area contributed by atoms with Crippen LogP contribution in [0.3, 0.4) is 0 Å². The van der Waals surface area contributed by atoms with Crippen molar-refractivity contribution in [1.29, 1.82) is 0 Å². The number of benzene rings is 3. The molecule has 0 spiro atoms. The number of carbonyl (C=O) groups is 2. The van der Waals surface area contributed by atoms with Crippen LogP contribution in [0.1, 0.15) is 15.9 Å². The molecule has 1 amide bonds. The van der Waals surface area contributed by atoms with E-state index in [9.17, 15) is 18.0 Å². The van der Waals surface area contributed by atoms with Crippen molar-refractivity contribution >= 4 is 49.9 Å². The molecule has 0 fully saturated rings. The monoisotopic (exact) mass is 467 g/mol. The molecule has 0 aliphatic heterocycles. The Morgan fingerprint density at radius 3 is 2.25 bits per heavy atom. The zero-order chi connectivity index (χ0) is 22.9. The Balaban J connectivity index is 1.60. The number of amides is 1. The summed E-state index contributed by atoms with van der Waals surface area (Å²) in [7, 11) is -3.85. The summed E-state index contributed by atoms with van der Waals surface area (Å²) in [4.78, 5) is 25.5. The normalized spacial score (nSPS) is 11.4. The molecule has 1 aromatic heterocycles. The van der Waals surface area contributed by atoms with Crippen molar-refractivity contribution in [1.82, 2.24) is 4.57 Å². The van der Waals surface area contributed by atoms with E-state index >= 15 is 0 Å². The fourth-order valence-electron chi connectivity index (χ4n) is 3.38. The van der Waals surface area contributed by atoms with Gasteiger partial charge >= 0.3 is 0 Å². The highest BCUT2D eigenvalue weighted by atomic mass is 35.5. The molecule has 0 saturated heterocycles. The van der Waals surface area contributed by atoms with E-state index in [2.05, 4.69) is 5.32 Å². The van der Waals surface area contributed by atoms with Gasteiger partial charge in [0.05, 0.1) is 10.5 Å². The maximum atomic E-state index is 12.9. The van der Waals surface area contributed by atoms with Crippen LogP contribution in [-0.2, 0) is 21.4 Å². The number of ketones is 1. The largest absolute Gasteiger partial charge is 0.342 e. The van der Waals surface area contributed by atoms with E-state index in [0.29, 0.717) is 17.0 Å². The zero-order valence-corrected chi connectivity index (χ0v) is 18.2. The van der Waals surface area contributed by atoms with Crippen molar-refractivity contribution in [3.05, 3.63) is 95.1 Å². The summed E-state index contributed by atoms with van der Waals surface area (Å²) in [5, 5.41) is 8.87.